The molecule has 1 aromatic heterocycles. The van der Waals surface area contributed by atoms with Gasteiger partial charge < -0.3 is 5.73 Å². The summed E-state index contributed by atoms with van der Waals surface area (Å²) in [5, 5.41) is 11.5. The zero-order chi connectivity index (χ0) is 11.5. The van der Waals surface area contributed by atoms with Crippen LogP contribution in [-0.2, 0) is 0 Å². The predicted molar refractivity (Wildman–Crippen MR) is 70.7 cm³/mol. The van der Waals surface area contributed by atoms with Crippen LogP contribution < -0.4 is 5.73 Å². The van der Waals surface area contributed by atoms with Crippen molar-refractivity contribution < 1.29 is 0 Å². The quantitative estimate of drug-likeness (QED) is 0.824. The Labute approximate surface area is 103 Å². The van der Waals surface area contributed by atoms with Gasteiger partial charge in [-0.05, 0) is 24.0 Å². The molecule has 0 saturated heterocycles. The average molecular weight is 246 g/mol. The highest BCUT2D eigenvalue weighted by molar-refractivity contribution is 7.98. The van der Waals surface area contributed by atoms with Crippen LogP contribution in [0.25, 0.3) is 11.1 Å². The standard InChI is InChI=1S/C12H10N2S2/c1-15-9-4-2-8(3-5-9)11-7-16-12(14)10(11)6-13/h2-5,7H,14H2,1H3. The summed E-state index contributed by atoms with van der Waals surface area (Å²) in [6, 6.07) is 10.3. The summed E-state index contributed by atoms with van der Waals surface area (Å²) in [7, 11) is 0. The number of rotatable bonds is 2. The molecule has 2 rings (SSSR count). The van der Waals surface area contributed by atoms with Crippen LogP contribution in [0.5, 0.6) is 0 Å². The van der Waals surface area contributed by atoms with Gasteiger partial charge in [0.25, 0.3) is 0 Å². The Morgan fingerprint density at radius 1 is 1.31 bits per heavy atom. The monoisotopic (exact) mass is 246 g/mol. The Kier molecular flexibility index (Phi) is 3.18. The molecule has 0 aliphatic heterocycles. The van der Waals surface area contributed by atoms with Gasteiger partial charge in [-0.3, -0.25) is 0 Å². The van der Waals surface area contributed by atoms with E-state index in [2.05, 4.69) is 18.2 Å². The predicted octanol–water partition coefficient (Wildman–Crippen LogP) is 3.59. The lowest BCUT2D eigenvalue weighted by Crippen LogP contribution is -1.85. The van der Waals surface area contributed by atoms with Crippen molar-refractivity contribution in [3.05, 3.63) is 35.2 Å². The fraction of sp³-hybridized carbons (Fsp3) is 0.0833. The molecule has 80 valence electrons. The first-order valence-electron chi connectivity index (χ1n) is 4.67. The van der Waals surface area contributed by atoms with E-state index in [-0.39, 0.29) is 0 Å². The third kappa shape index (κ3) is 1.92. The van der Waals surface area contributed by atoms with E-state index in [1.54, 1.807) is 11.8 Å². The number of nitriles is 1. The molecule has 0 bridgehead atoms. The van der Waals surface area contributed by atoms with Crippen LogP contribution in [0, 0.1) is 11.3 Å². The molecule has 1 heterocycles. The summed E-state index contributed by atoms with van der Waals surface area (Å²) in [5.41, 5.74) is 8.29. The van der Waals surface area contributed by atoms with Gasteiger partial charge in [-0.2, -0.15) is 5.26 Å². The number of benzene rings is 1. The van der Waals surface area contributed by atoms with Crippen LogP contribution in [0.1, 0.15) is 5.56 Å². The second-order valence-corrected chi connectivity index (χ2v) is 5.02. The van der Waals surface area contributed by atoms with Crippen molar-refractivity contribution in [1.82, 2.24) is 0 Å². The Morgan fingerprint density at radius 2 is 2.00 bits per heavy atom. The lowest BCUT2D eigenvalue weighted by Gasteiger charge is -2.01. The highest BCUT2D eigenvalue weighted by atomic mass is 32.2. The number of thioether (sulfide) groups is 1. The van der Waals surface area contributed by atoms with Crippen molar-refractivity contribution in [3.63, 3.8) is 0 Å². The molecule has 0 amide bonds. The number of nitrogen functional groups attached to an aromatic ring is 1. The Hall–Kier alpha value is -1.44. The summed E-state index contributed by atoms with van der Waals surface area (Å²) in [5.74, 6) is 0. The van der Waals surface area contributed by atoms with E-state index in [1.165, 1.54) is 16.2 Å². The molecule has 0 fully saturated rings. The zero-order valence-corrected chi connectivity index (χ0v) is 10.4. The zero-order valence-electron chi connectivity index (χ0n) is 8.73. The lowest BCUT2D eigenvalue weighted by molar-refractivity contribution is 1.46. The molecule has 0 aliphatic rings. The average Bonchev–Trinajstić information content (AvgIpc) is 2.70. The molecule has 0 spiro atoms. The van der Waals surface area contributed by atoms with E-state index in [9.17, 15) is 0 Å². The summed E-state index contributed by atoms with van der Waals surface area (Å²) >= 11 is 3.11. The Morgan fingerprint density at radius 3 is 2.56 bits per heavy atom. The van der Waals surface area contributed by atoms with E-state index < -0.39 is 0 Å². The summed E-state index contributed by atoms with van der Waals surface area (Å²) in [6.07, 6.45) is 2.04. The number of nitrogens with two attached hydrogens (primary N) is 1. The van der Waals surface area contributed by atoms with Gasteiger partial charge in [-0.1, -0.05) is 12.1 Å². The first-order valence-corrected chi connectivity index (χ1v) is 6.78. The minimum Gasteiger partial charge on any atom is -0.389 e. The fourth-order valence-corrected chi connectivity index (χ4v) is 2.65. The largest absolute Gasteiger partial charge is 0.389 e. The van der Waals surface area contributed by atoms with Crippen LogP contribution >= 0.6 is 23.1 Å². The van der Waals surface area contributed by atoms with Gasteiger partial charge in [0.2, 0.25) is 0 Å². The summed E-state index contributed by atoms with van der Waals surface area (Å²) in [6.45, 7) is 0. The highest BCUT2D eigenvalue weighted by Gasteiger charge is 2.10. The topological polar surface area (TPSA) is 49.8 Å². The molecular weight excluding hydrogens is 236 g/mol. The minimum absolute atomic E-state index is 0.585. The van der Waals surface area contributed by atoms with Crippen molar-refractivity contribution in [1.29, 1.82) is 5.26 Å². The molecule has 2 aromatic rings. The second-order valence-electron chi connectivity index (χ2n) is 3.23. The second kappa shape index (κ2) is 4.60. The van der Waals surface area contributed by atoms with Crippen molar-refractivity contribution in [2.45, 2.75) is 4.90 Å². The van der Waals surface area contributed by atoms with Crippen molar-refractivity contribution in [2.24, 2.45) is 0 Å². The third-order valence-electron chi connectivity index (χ3n) is 2.33. The minimum atomic E-state index is 0.585. The number of thiophene rings is 1. The molecule has 1 aromatic carbocycles. The van der Waals surface area contributed by atoms with Gasteiger partial charge in [-0.25, -0.2) is 0 Å². The lowest BCUT2D eigenvalue weighted by atomic mass is 10.1. The van der Waals surface area contributed by atoms with Crippen LogP contribution in [0.15, 0.2) is 34.5 Å². The van der Waals surface area contributed by atoms with Gasteiger partial charge in [-0.15, -0.1) is 23.1 Å². The van der Waals surface area contributed by atoms with Gasteiger partial charge >= 0.3 is 0 Å². The van der Waals surface area contributed by atoms with Gasteiger partial charge in [0.05, 0.1) is 5.56 Å². The maximum Gasteiger partial charge on any atom is 0.104 e. The smallest absolute Gasteiger partial charge is 0.104 e. The molecular formula is C12H10N2S2. The normalized spacial score (nSPS) is 10.0. The summed E-state index contributed by atoms with van der Waals surface area (Å²) in [4.78, 5) is 1.21. The van der Waals surface area contributed by atoms with Crippen LogP contribution in [0.4, 0.5) is 5.00 Å². The number of anilines is 1. The van der Waals surface area contributed by atoms with Crippen molar-refractivity contribution >= 4 is 28.1 Å². The van der Waals surface area contributed by atoms with E-state index >= 15 is 0 Å². The van der Waals surface area contributed by atoms with Gasteiger partial charge in [0.1, 0.15) is 11.1 Å². The summed E-state index contributed by atoms with van der Waals surface area (Å²) < 4.78 is 0. The number of hydrogen-bond acceptors (Lipinski definition) is 4. The number of hydrogen-bond donors (Lipinski definition) is 1. The van der Waals surface area contributed by atoms with Gasteiger partial charge in [0, 0.05) is 15.8 Å². The Bertz CT molecular complexity index is 535. The maximum atomic E-state index is 9.02. The van der Waals surface area contributed by atoms with E-state index in [4.69, 9.17) is 11.0 Å². The molecule has 0 atom stereocenters. The highest BCUT2D eigenvalue weighted by Crippen LogP contribution is 2.33. The SMILES string of the molecule is CSc1ccc(-c2csc(N)c2C#N)cc1. The Balaban J connectivity index is 2.47. The van der Waals surface area contributed by atoms with Gasteiger partial charge in [0.15, 0.2) is 0 Å². The number of nitrogens with zero attached hydrogens (tertiary/aromatic N) is 1. The van der Waals surface area contributed by atoms with Crippen LogP contribution in [0.2, 0.25) is 0 Å². The molecule has 16 heavy (non-hydrogen) atoms. The molecule has 4 heteroatoms. The first-order chi connectivity index (χ1) is 7.76. The molecule has 0 radical (unpaired) electrons. The molecule has 0 saturated carbocycles. The van der Waals surface area contributed by atoms with Crippen LogP contribution in [-0.4, -0.2) is 6.26 Å². The van der Waals surface area contributed by atoms with E-state index in [0.717, 1.165) is 11.1 Å². The maximum absolute atomic E-state index is 9.02. The molecule has 2 nitrogen and oxygen atoms in total. The third-order valence-corrected chi connectivity index (χ3v) is 3.89. The first kappa shape index (κ1) is 11.1. The van der Waals surface area contributed by atoms with Crippen molar-refractivity contribution in [3.8, 4) is 17.2 Å². The molecule has 0 unspecified atom stereocenters. The van der Waals surface area contributed by atoms with E-state index in [0.29, 0.717) is 10.6 Å². The van der Waals surface area contributed by atoms with Crippen LogP contribution in [0.3, 0.4) is 0 Å². The fourth-order valence-electron chi connectivity index (χ4n) is 1.47. The molecule has 0 aliphatic carbocycles. The van der Waals surface area contributed by atoms with Crippen molar-refractivity contribution in [2.75, 3.05) is 12.0 Å². The van der Waals surface area contributed by atoms with E-state index in [1.807, 2.05) is 23.8 Å². The molecule has 2 N–H and O–H groups in total.